The van der Waals surface area contributed by atoms with E-state index in [0.717, 1.165) is 11.6 Å². The standard InChI is InChI=1S/C23H18O8/c1-29-14-4-2-3-12(7-14)11-30-15-9-18(26)20-19(10-15)31-23(22(28)21(20)27)13-5-6-16(24)17(25)8-13/h2-10,24-26,28H,11H2,1H3. The smallest absolute Gasteiger partial charge is 0.238 e. The van der Waals surface area contributed by atoms with E-state index in [0.29, 0.717) is 5.75 Å². The first kappa shape index (κ1) is 20.0. The quantitative estimate of drug-likeness (QED) is 0.357. The number of aromatic hydroxyl groups is 4. The van der Waals surface area contributed by atoms with Gasteiger partial charge in [-0.1, -0.05) is 12.1 Å². The molecule has 0 fully saturated rings. The predicted octanol–water partition coefficient (Wildman–Crippen LogP) is 3.87. The van der Waals surface area contributed by atoms with Gasteiger partial charge in [0.1, 0.15) is 34.8 Å². The van der Waals surface area contributed by atoms with Crippen LogP contribution < -0.4 is 14.9 Å². The summed E-state index contributed by atoms with van der Waals surface area (Å²) < 4.78 is 16.6. The van der Waals surface area contributed by atoms with Gasteiger partial charge >= 0.3 is 0 Å². The molecule has 31 heavy (non-hydrogen) atoms. The summed E-state index contributed by atoms with van der Waals surface area (Å²) in [4.78, 5) is 12.6. The van der Waals surface area contributed by atoms with Crippen molar-refractivity contribution in [2.45, 2.75) is 6.61 Å². The molecule has 0 saturated heterocycles. The Hall–Kier alpha value is -4.33. The molecule has 3 aromatic carbocycles. The molecule has 0 spiro atoms. The Morgan fingerprint density at radius 3 is 2.42 bits per heavy atom. The van der Waals surface area contributed by atoms with Crippen molar-refractivity contribution in [3.63, 3.8) is 0 Å². The molecule has 0 aliphatic carbocycles. The normalized spacial score (nSPS) is 10.9. The van der Waals surface area contributed by atoms with E-state index < -0.39 is 22.7 Å². The van der Waals surface area contributed by atoms with Crippen LogP contribution in [0.25, 0.3) is 22.3 Å². The van der Waals surface area contributed by atoms with Gasteiger partial charge in [-0.15, -0.1) is 0 Å². The summed E-state index contributed by atoms with van der Waals surface area (Å²) in [7, 11) is 1.56. The molecule has 0 unspecified atom stereocenters. The molecule has 0 atom stereocenters. The van der Waals surface area contributed by atoms with Crippen LogP contribution in [0.15, 0.2) is 63.8 Å². The maximum Gasteiger partial charge on any atom is 0.238 e. The number of benzene rings is 3. The van der Waals surface area contributed by atoms with E-state index in [4.69, 9.17) is 13.9 Å². The highest BCUT2D eigenvalue weighted by Crippen LogP contribution is 2.38. The molecule has 158 valence electrons. The van der Waals surface area contributed by atoms with E-state index in [-0.39, 0.29) is 40.4 Å². The van der Waals surface area contributed by atoms with Crippen molar-refractivity contribution in [3.8, 4) is 45.8 Å². The van der Waals surface area contributed by atoms with E-state index in [1.165, 1.54) is 24.3 Å². The van der Waals surface area contributed by atoms with Crippen molar-refractivity contribution in [3.05, 3.63) is 70.4 Å². The minimum atomic E-state index is -0.847. The van der Waals surface area contributed by atoms with Crippen LogP contribution in [0.2, 0.25) is 0 Å². The van der Waals surface area contributed by atoms with Gasteiger partial charge in [0.15, 0.2) is 17.3 Å². The van der Waals surface area contributed by atoms with Crippen molar-refractivity contribution in [1.29, 1.82) is 0 Å². The molecule has 1 aromatic heterocycles. The Bertz CT molecular complexity index is 1340. The maximum absolute atomic E-state index is 12.6. The third-order valence-corrected chi connectivity index (χ3v) is 4.70. The lowest BCUT2D eigenvalue weighted by atomic mass is 10.1. The minimum Gasteiger partial charge on any atom is -0.507 e. The van der Waals surface area contributed by atoms with Crippen LogP contribution in [-0.4, -0.2) is 27.5 Å². The van der Waals surface area contributed by atoms with Gasteiger partial charge in [0.25, 0.3) is 0 Å². The highest BCUT2D eigenvalue weighted by molar-refractivity contribution is 5.88. The molecule has 0 saturated carbocycles. The second kappa shape index (κ2) is 7.83. The summed E-state index contributed by atoms with van der Waals surface area (Å²) in [6, 6.07) is 13.6. The molecule has 8 nitrogen and oxygen atoms in total. The molecule has 4 rings (SSSR count). The molecule has 4 aromatic rings. The molecule has 1 heterocycles. The zero-order valence-corrected chi connectivity index (χ0v) is 16.3. The zero-order chi connectivity index (χ0) is 22.1. The monoisotopic (exact) mass is 422 g/mol. The second-order valence-electron chi connectivity index (χ2n) is 6.77. The fraction of sp³-hybridized carbons (Fsp3) is 0.0870. The average Bonchev–Trinajstić information content (AvgIpc) is 2.76. The number of hydrogen-bond donors (Lipinski definition) is 4. The lowest BCUT2D eigenvalue weighted by Crippen LogP contribution is -2.04. The lowest BCUT2D eigenvalue weighted by molar-refractivity contribution is 0.303. The summed E-state index contributed by atoms with van der Waals surface area (Å²) in [5.74, 6) is -1.28. The van der Waals surface area contributed by atoms with Crippen molar-refractivity contribution in [2.24, 2.45) is 0 Å². The number of ether oxygens (including phenoxy) is 2. The second-order valence-corrected chi connectivity index (χ2v) is 6.77. The number of phenolic OH excluding ortho intramolecular Hbond substituents is 3. The molecular weight excluding hydrogens is 404 g/mol. The number of methoxy groups -OCH3 is 1. The molecule has 8 heteroatoms. The Labute approximate surface area is 175 Å². The van der Waals surface area contributed by atoms with E-state index in [9.17, 15) is 25.2 Å². The highest BCUT2D eigenvalue weighted by Gasteiger charge is 2.20. The number of rotatable bonds is 5. The predicted molar refractivity (Wildman–Crippen MR) is 112 cm³/mol. The van der Waals surface area contributed by atoms with Crippen LogP contribution in [0.5, 0.6) is 34.5 Å². The van der Waals surface area contributed by atoms with E-state index in [1.54, 1.807) is 19.2 Å². The molecule has 0 aliphatic heterocycles. The number of phenols is 3. The summed E-state index contributed by atoms with van der Waals surface area (Å²) in [6.45, 7) is 0.170. The van der Waals surface area contributed by atoms with E-state index >= 15 is 0 Å². The van der Waals surface area contributed by atoms with Gasteiger partial charge in [-0.2, -0.15) is 0 Å². The number of hydrogen-bond acceptors (Lipinski definition) is 8. The summed E-state index contributed by atoms with van der Waals surface area (Å²) in [5.41, 5.74) is 0.118. The van der Waals surface area contributed by atoms with Gasteiger partial charge in [-0.25, -0.2) is 0 Å². The summed E-state index contributed by atoms with van der Waals surface area (Å²) in [6.07, 6.45) is 0. The molecule has 0 aliphatic rings. The van der Waals surface area contributed by atoms with Gasteiger partial charge < -0.3 is 34.3 Å². The lowest BCUT2D eigenvalue weighted by Gasteiger charge is -2.11. The van der Waals surface area contributed by atoms with Crippen LogP contribution >= 0.6 is 0 Å². The largest absolute Gasteiger partial charge is 0.507 e. The van der Waals surface area contributed by atoms with Crippen molar-refractivity contribution in [1.82, 2.24) is 0 Å². The van der Waals surface area contributed by atoms with Gasteiger partial charge in [-0.05, 0) is 35.9 Å². The van der Waals surface area contributed by atoms with Crippen LogP contribution in [0, 0.1) is 0 Å². The molecule has 0 bridgehead atoms. The Kier molecular flexibility index (Phi) is 5.04. The average molecular weight is 422 g/mol. The maximum atomic E-state index is 12.6. The van der Waals surface area contributed by atoms with Gasteiger partial charge in [0.05, 0.1) is 7.11 Å². The third-order valence-electron chi connectivity index (χ3n) is 4.70. The Morgan fingerprint density at radius 1 is 0.871 bits per heavy atom. The van der Waals surface area contributed by atoms with E-state index in [1.807, 2.05) is 12.1 Å². The van der Waals surface area contributed by atoms with Crippen molar-refractivity contribution in [2.75, 3.05) is 7.11 Å². The van der Waals surface area contributed by atoms with E-state index in [2.05, 4.69) is 0 Å². The molecule has 0 radical (unpaired) electrons. The fourth-order valence-electron chi connectivity index (χ4n) is 3.14. The van der Waals surface area contributed by atoms with Crippen molar-refractivity contribution < 1.29 is 34.3 Å². The van der Waals surface area contributed by atoms with Crippen LogP contribution in [0.1, 0.15) is 5.56 Å². The van der Waals surface area contributed by atoms with Crippen molar-refractivity contribution >= 4 is 11.0 Å². The Morgan fingerprint density at radius 2 is 1.68 bits per heavy atom. The first-order chi connectivity index (χ1) is 14.9. The Balaban J connectivity index is 1.75. The fourth-order valence-corrected chi connectivity index (χ4v) is 3.14. The zero-order valence-electron chi connectivity index (χ0n) is 16.3. The SMILES string of the molecule is COc1cccc(COc2cc(O)c3c(=O)c(O)c(-c4ccc(O)c(O)c4)oc3c2)c1. The highest BCUT2D eigenvalue weighted by atomic mass is 16.5. The van der Waals surface area contributed by atoms with Crippen LogP contribution in [0.3, 0.4) is 0 Å². The molecule has 4 N–H and O–H groups in total. The minimum absolute atomic E-state index is 0.0222. The summed E-state index contributed by atoms with van der Waals surface area (Å²) >= 11 is 0. The number of fused-ring (bicyclic) bond motifs is 1. The first-order valence-electron chi connectivity index (χ1n) is 9.18. The van der Waals surface area contributed by atoms with Crippen LogP contribution in [0.4, 0.5) is 0 Å². The van der Waals surface area contributed by atoms with Gasteiger partial charge in [0.2, 0.25) is 11.2 Å². The topological polar surface area (TPSA) is 130 Å². The first-order valence-corrected chi connectivity index (χ1v) is 9.18. The third kappa shape index (κ3) is 3.78. The van der Waals surface area contributed by atoms with Gasteiger partial charge in [0, 0.05) is 17.7 Å². The molecule has 0 amide bonds. The molecular formula is C23H18O8. The summed E-state index contributed by atoms with van der Waals surface area (Å²) in [5, 5.41) is 39.6. The van der Waals surface area contributed by atoms with Crippen LogP contribution in [-0.2, 0) is 6.61 Å². The van der Waals surface area contributed by atoms with Gasteiger partial charge in [-0.3, -0.25) is 4.79 Å².